The Morgan fingerprint density at radius 3 is 2.24 bits per heavy atom. The molecule has 0 unspecified atom stereocenters. The Bertz CT molecular complexity index is 960. The number of nitrogens with zero attached hydrogens (tertiary/aromatic N) is 1. The zero-order valence-electron chi connectivity index (χ0n) is 16.0. The van der Waals surface area contributed by atoms with Crippen LogP contribution in [0.5, 0.6) is 5.75 Å². The third-order valence-electron chi connectivity index (χ3n) is 4.13. The van der Waals surface area contributed by atoms with Crippen LogP contribution in [0.4, 0.5) is 24.5 Å². The number of rotatable bonds is 7. The van der Waals surface area contributed by atoms with Crippen molar-refractivity contribution in [3.8, 4) is 5.75 Å². The maximum Gasteiger partial charge on any atom is 0.418 e. The summed E-state index contributed by atoms with van der Waals surface area (Å²) < 4.78 is 69.0. The van der Waals surface area contributed by atoms with E-state index in [1.807, 2.05) is 0 Å². The lowest BCUT2D eigenvalue weighted by atomic mass is 10.1. The fourth-order valence-electron chi connectivity index (χ4n) is 2.47. The minimum atomic E-state index is -4.60. The lowest BCUT2D eigenvalue weighted by Crippen LogP contribution is -2.33. The Hall–Kier alpha value is -2.75. The van der Waals surface area contributed by atoms with Gasteiger partial charge in [-0.25, -0.2) is 8.42 Å². The van der Waals surface area contributed by atoms with E-state index in [1.54, 1.807) is 6.92 Å². The Morgan fingerprint density at radius 1 is 1.14 bits per heavy atom. The first kappa shape index (κ1) is 22.5. The number of anilines is 2. The van der Waals surface area contributed by atoms with Crippen LogP contribution in [0.25, 0.3) is 0 Å². The molecule has 0 saturated carbocycles. The zero-order valence-corrected chi connectivity index (χ0v) is 16.8. The standard InChI is InChI=1S/C19H21F3N2O4S/c1-4-17(18(25)23-16-8-6-5-7-15(16)19(20,21)22)28-14-11-9-13(10-12-14)24(2)29(3,26)27/h5-12,17H,4H2,1-3H3,(H,23,25)/t17-/m0/s1. The van der Waals surface area contributed by atoms with Crippen LogP contribution in [0.2, 0.25) is 0 Å². The van der Waals surface area contributed by atoms with Crippen molar-refractivity contribution < 1.29 is 31.1 Å². The second-order valence-corrected chi connectivity index (χ2v) is 8.29. The molecule has 10 heteroatoms. The van der Waals surface area contributed by atoms with Gasteiger partial charge in [0.1, 0.15) is 5.75 Å². The average Bonchev–Trinajstić information content (AvgIpc) is 2.64. The SMILES string of the molecule is CC[C@H](Oc1ccc(N(C)S(C)(=O)=O)cc1)C(=O)Nc1ccccc1C(F)(F)F. The first-order valence-corrected chi connectivity index (χ1v) is 10.5. The molecule has 2 rings (SSSR count). The lowest BCUT2D eigenvalue weighted by molar-refractivity contribution is -0.137. The number of halogens is 3. The van der Waals surface area contributed by atoms with Gasteiger partial charge in [-0.15, -0.1) is 0 Å². The van der Waals surface area contributed by atoms with Crippen molar-refractivity contribution >= 4 is 27.3 Å². The number of carbonyl (C=O) groups is 1. The van der Waals surface area contributed by atoms with E-state index in [0.717, 1.165) is 16.6 Å². The Kier molecular flexibility index (Phi) is 6.78. The highest BCUT2D eigenvalue weighted by atomic mass is 32.2. The van der Waals surface area contributed by atoms with Crippen molar-refractivity contribution in [2.24, 2.45) is 0 Å². The molecule has 0 fully saturated rings. The highest BCUT2D eigenvalue weighted by molar-refractivity contribution is 7.92. The normalized spacial score (nSPS) is 12.9. The van der Waals surface area contributed by atoms with E-state index in [-0.39, 0.29) is 17.9 Å². The molecule has 0 heterocycles. The molecular formula is C19H21F3N2O4S. The number of para-hydroxylation sites is 1. The van der Waals surface area contributed by atoms with Crippen LogP contribution >= 0.6 is 0 Å². The number of nitrogens with one attached hydrogen (secondary N) is 1. The predicted molar refractivity (Wildman–Crippen MR) is 104 cm³/mol. The van der Waals surface area contributed by atoms with Crippen molar-refractivity contribution in [1.82, 2.24) is 0 Å². The van der Waals surface area contributed by atoms with Crippen LogP contribution in [0.1, 0.15) is 18.9 Å². The van der Waals surface area contributed by atoms with Crippen LogP contribution in [0.3, 0.4) is 0 Å². The molecule has 0 saturated heterocycles. The number of carbonyl (C=O) groups excluding carboxylic acids is 1. The molecule has 29 heavy (non-hydrogen) atoms. The fraction of sp³-hybridized carbons (Fsp3) is 0.316. The van der Waals surface area contributed by atoms with Gasteiger partial charge < -0.3 is 10.1 Å². The first-order chi connectivity index (χ1) is 13.4. The summed E-state index contributed by atoms with van der Waals surface area (Å²) in [6, 6.07) is 10.6. The monoisotopic (exact) mass is 430 g/mol. The lowest BCUT2D eigenvalue weighted by Gasteiger charge is -2.20. The molecule has 0 spiro atoms. The average molecular weight is 430 g/mol. The number of amides is 1. The number of hydrogen-bond acceptors (Lipinski definition) is 4. The van der Waals surface area contributed by atoms with Crippen molar-refractivity contribution in [2.45, 2.75) is 25.6 Å². The summed E-state index contributed by atoms with van der Waals surface area (Å²) in [7, 11) is -2.03. The molecule has 0 radical (unpaired) electrons. The molecule has 0 aliphatic rings. The predicted octanol–water partition coefficient (Wildman–Crippen LogP) is 3.90. The van der Waals surface area contributed by atoms with E-state index in [4.69, 9.17) is 4.74 Å². The number of alkyl halides is 3. The number of benzene rings is 2. The van der Waals surface area contributed by atoms with Crippen LogP contribution in [-0.4, -0.2) is 33.7 Å². The first-order valence-electron chi connectivity index (χ1n) is 8.61. The maximum atomic E-state index is 13.1. The van der Waals surface area contributed by atoms with Gasteiger partial charge >= 0.3 is 6.18 Å². The van der Waals surface area contributed by atoms with E-state index >= 15 is 0 Å². The van der Waals surface area contributed by atoms with Gasteiger partial charge in [-0.3, -0.25) is 9.10 Å². The van der Waals surface area contributed by atoms with E-state index in [9.17, 15) is 26.4 Å². The van der Waals surface area contributed by atoms with Gasteiger partial charge in [-0.05, 0) is 42.8 Å². The quantitative estimate of drug-likeness (QED) is 0.723. The van der Waals surface area contributed by atoms with Crippen molar-refractivity contribution in [2.75, 3.05) is 22.9 Å². The Balaban J connectivity index is 2.14. The van der Waals surface area contributed by atoms with Gasteiger partial charge in [-0.1, -0.05) is 19.1 Å². The summed E-state index contributed by atoms with van der Waals surface area (Å²) in [4.78, 5) is 12.4. The van der Waals surface area contributed by atoms with E-state index < -0.39 is 33.8 Å². The zero-order chi connectivity index (χ0) is 21.8. The highest BCUT2D eigenvalue weighted by Crippen LogP contribution is 2.34. The third kappa shape index (κ3) is 5.86. The topological polar surface area (TPSA) is 75.7 Å². The van der Waals surface area contributed by atoms with Gasteiger partial charge in [0.2, 0.25) is 10.0 Å². The van der Waals surface area contributed by atoms with Gasteiger partial charge in [0.15, 0.2) is 6.10 Å². The Morgan fingerprint density at radius 2 is 1.72 bits per heavy atom. The maximum absolute atomic E-state index is 13.1. The van der Waals surface area contributed by atoms with Crippen molar-refractivity contribution in [1.29, 1.82) is 0 Å². The van der Waals surface area contributed by atoms with Crippen molar-refractivity contribution in [3.05, 3.63) is 54.1 Å². The summed E-state index contributed by atoms with van der Waals surface area (Å²) in [5.74, 6) is -0.441. The second-order valence-electron chi connectivity index (χ2n) is 6.27. The van der Waals surface area contributed by atoms with E-state index in [0.29, 0.717) is 5.69 Å². The van der Waals surface area contributed by atoms with Gasteiger partial charge in [0.25, 0.3) is 5.91 Å². The Labute approximate surface area is 167 Å². The molecular weight excluding hydrogens is 409 g/mol. The molecule has 6 nitrogen and oxygen atoms in total. The molecule has 1 N–H and O–H groups in total. The fourth-order valence-corrected chi connectivity index (χ4v) is 2.97. The highest BCUT2D eigenvalue weighted by Gasteiger charge is 2.34. The minimum Gasteiger partial charge on any atom is -0.481 e. The number of hydrogen-bond donors (Lipinski definition) is 1. The smallest absolute Gasteiger partial charge is 0.418 e. The summed E-state index contributed by atoms with van der Waals surface area (Å²) in [5, 5.41) is 2.27. The van der Waals surface area contributed by atoms with Crippen LogP contribution in [0, 0.1) is 0 Å². The molecule has 2 aromatic rings. The molecule has 1 amide bonds. The summed E-state index contributed by atoms with van der Waals surface area (Å²) in [5.41, 5.74) is -0.898. The molecule has 158 valence electrons. The molecule has 1 atom stereocenters. The van der Waals surface area contributed by atoms with Gasteiger partial charge in [0, 0.05) is 7.05 Å². The van der Waals surface area contributed by atoms with Crippen molar-refractivity contribution in [3.63, 3.8) is 0 Å². The summed E-state index contributed by atoms with van der Waals surface area (Å²) >= 11 is 0. The summed E-state index contributed by atoms with van der Waals surface area (Å²) in [6.07, 6.45) is -4.36. The molecule has 0 aliphatic carbocycles. The largest absolute Gasteiger partial charge is 0.481 e. The van der Waals surface area contributed by atoms with Gasteiger partial charge in [-0.2, -0.15) is 13.2 Å². The number of sulfonamides is 1. The van der Waals surface area contributed by atoms with Crippen LogP contribution in [0.15, 0.2) is 48.5 Å². The summed E-state index contributed by atoms with van der Waals surface area (Å²) in [6.45, 7) is 1.66. The minimum absolute atomic E-state index is 0.213. The second kappa shape index (κ2) is 8.73. The molecule has 2 aromatic carbocycles. The number of ether oxygens (including phenoxy) is 1. The third-order valence-corrected chi connectivity index (χ3v) is 5.34. The molecule has 0 aromatic heterocycles. The van der Waals surface area contributed by atoms with Crippen LogP contribution in [-0.2, 0) is 21.0 Å². The van der Waals surface area contributed by atoms with E-state index in [1.165, 1.54) is 49.5 Å². The van der Waals surface area contributed by atoms with Gasteiger partial charge in [0.05, 0.1) is 23.2 Å². The molecule has 0 aliphatic heterocycles. The molecule has 0 bridgehead atoms. The van der Waals surface area contributed by atoms with Crippen LogP contribution < -0.4 is 14.4 Å². The van der Waals surface area contributed by atoms with E-state index in [2.05, 4.69) is 5.32 Å².